The van der Waals surface area contributed by atoms with Crippen LogP contribution in [0.3, 0.4) is 0 Å². The van der Waals surface area contributed by atoms with Crippen molar-refractivity contribution in [1.29, 1.82) is 0 Å². The summed E-state index contributed by atoms with van der Waals surface area (Å²) < 4.78 is 0. The molecule has 2 saturated heterocycles. The predicted molar refractivity (Wildman–Crippen MR) is 83.8 cm³/mol. The maximum atomic E-state index is 3.68. The third-order valence-electron chi connectivity index (χ3n) is 4.94. The Hall–Kier alpha value is -0.900. The monoisotopic (exact) mass is 273 g/mol. The lowest BCUT2D eigenvalue weighted by Gasteiger charge is -2.45. The van der Waals surface area contributed by atoms with Crippen molar-refractivity contribution in [3.8, 4) is 0 Å². The minimum absolute atomic E-state index is 0.497. The molecule has 0 amide bonds. The fourth-order valence-electron chi connectivity index (χ4n) is 3.87. The number of nitrogens with zero attached hydrogens (tertiary/aromatic N) is 2. The molecular weight excluding hydrogens is 246 g/mol. The van der Waals surface area contributed by atoms with E-state index in [2.05, 4.69) is 59.4 Å². The number of piperidine rings is 1. The second-order valence-electron chi connectivity index (χ2n) is 6.51. The van der Waals surface area contributed by atoms with E-state index >= 15 is 0 Å². The van der Waals surface area contributed by atoms with Crippen LogP contribution in [0.4, 0.5) is 0 Å². The van der Waals surface area contributed by atoms with Crippen LogP contribution in [0.15, 0.2) is 30.3 Å². The van der Waals surface area contributed by atoms with Crippen molar-refractivity contribution in [2.45, 2.75) is 25.4 Å². The third kappa shape index (κ3) is 3.05. The van der Waals surface area contributed by atoms with Crippen LogP contribution in [0.5, 0.6) is 0 Å². The second-order valence-corrected chi connectivity index (χ2v) is 6.51. The van der Waals surface area contributed by atoms with Crippen LogP contribution >= 0.6 is 0 Å². The van der Waals surface area contributed by atoms with Crippen molar-refractivity contribution < 1.29 is 0 Å². The molecule has 110 valence electrons. The maximum absolute atomic E-state index is 3.68. The van der Waals surface area contributed by atoms with E-state index < -0.39 is 0 Å². The summed E-state index contributed by atoms with van der Waals surface area (Å²) in [6.45, 7) is 8.36. The largest absolute Gasteiger partial charge is 0.308 e. The summed E-state index contributed by atoms with van der Waals surface area (Å²) in [6, 6.07) is 12.2. The standard InChI is InChI=1S/C17H27N3/c1-14-12-19(2)10-8-17(14)20-11-9-18-16(13-20)15-6-4-3-5-7-15/h3-7,14,16-18H,8-13H2,1-2H3. The van der Waals surface area contributed by atoms with Gasteiger partial charge in [0.15, 0.2) is 0 Å². The summed E-state index contributed by atoms with van der Waals surface area (Å²) in [5.41, 5.74) is 1.43. The SMILES string of the molecule is CC1CN(C)CCC1N1CCNC(c2ccccc2)C1. The first-order valence-corrected chi connectivity index (χ1v) is 7.95. The van der Waals surface area contributed by atoms with Crippen molar-refractivity contribution in [3.05, 3.63) is 35.9 Å². The van der Waals surface area contributed by atoms with Crippen LogP contribution in [0.2, 0.25) is 0 Å². The first-order valence-electron chi connectivity index (χ1n) is 7.95. The van der Waals surface area contributed by atoms with Gasteiger partial charge >= 0.3 is 0 Å². The van der Waals surface area contributed by atoms with Crippen molar-refractivity contribution >= 4 is 0 Å². The lowest BCUT2D eigenvalue weighted by atomic mass is 9.91. The molecule has 20 heavy (non-hydrogen) atoms. The Kier molecular flexibility index (Phi) is 4.39. The highest BCUT2D eigenvalue weighted by Crippen LogP contribution is 2.25. The van der Waals surface area contributed by atoms with E-state index in [1.165, 1.54) is 31.6 Å². The summed E-state index contributed by atoms with van der Waals surface area (Å²) in [6.07, 6.45) is 1.32. The summed E-state index contributed by atoms with van der Waals surface area (Å²) in [5.74, 6) is 0.781. The third-order valence-corrected chi connectivity index (χ3v) is 4.94. The quantitative estimate of drug-likeness (QED) is 0.889. The van der Waals surface area contributed by atoms with Crippen LogP contribution in [0.1, 0.15) is 24.9 Å². The summed E-state index contributed by atoms with van der Waals surface area (Å²) in [4.78, 5) is 5.20. The molecule has 2 fully saturated rings. The molecule has 0 spiro atoms. The normalized spacial score (nSPS) is 33.2. The Morgan fingerprint density at radius 1 is 1.10 bits per heavy atom. The molecule has 0 saturated carbocycles. The van der Waals surface area contributed by atoms with Gasteiger partial charge in [-0.3, -0.25) is 4.90 Å². The van der Waals surface area contributed by atoms with Crippen LogP contribution < -0.4 is 5.32 Å². The molecule has 2 heterocycles. The molecule has 3 heteroatoms. The van der Waals surface area contributed by atoms with Gasteiger partial charge in [-0.2, -0.15) is 0 Å². The number of hydrogen-bond donors (Lipinski definition) is 1. The summed E-state index contributed by atoms with van der Waals surface area (Å²) >= 11 is 0. The van der Waals surface area contributed by atoms with Gasteiger partial charge in [0, 0.05) is 38.3 Å². The van der Waals surface area contributed by atoms with Gasteiger partial charge in [-0.15, -0.1) is 0 Å². The molecule has 0 radical (unpaired) electrons. The van der Waals surface area contributed by atoms with Crippen molar-refractivity contribution in [3.63, 3.8) is 0 Å². The van der Waals surface area contributed by atoms with Crippen molar-refractivity contribution in [2.24, 2.45) is 5.92 Å². The van der Waals surface area contributed by atoms with E-state index in [9.17, 15) is 0 Å². The predicted octanol–water partition coefficient (Wildman–Crippen LogP) is 1.97. The van der Waals surface area contributed by atoms with Gasteiger partial charge in [0.1, 0.15) is 0 Å². The topological polar surface area (TPSA) is 18.5 Å². The van der Waals surface area contributed by atoms with E-state index in [4.69, 9.17) is 0 Å². The number of nitrogens with one attached hydrogen (secondary N) is 1. The Balaban J connectivity index is 1.66. The maximum Gasteiger partial charge on any atom is 0.0449 e. The minimum atomic E-state index is 0.497. The average Bonchev–Trinajstić information content (AvgIpc) is 2.48. The zero-order valence-corrected chi connectivity index (χ0v) is 12.8. The Bertz CT molecular complexity index is 420. The molecule has 2 aliphatic heterocycles. The smallest absolute Gasteiger partial charge is 0.0449 e. The number of likely N-dealkylation sites (tertiary alicyclic amines) is 1. The van der Waals surface area contributed by atoms with Crippen LogP contribution in [0, 0.1) is 5.92 Å². The molecule has 1 N–H and O–H groups in total. The molecule has 2 aliphatic rings. The van der Waals surface area contributed by atoms with E-state index in [0.29, 0.717) is 6.04 Å². The number of benzene rings is 1. The van der Waals surface area contributed by atoms with Gasteiger partial charge in [-0.1, -0.05) is 37.3 Å². The van der Waals surface area contributed by atoms with Gasteiger partial charge in [-0.05, 0) is 31.5 Å². The molecule has 0 aromatic heterocycles. The molecular formula is C17H27N3. The Morgan fingerprint density at radius 3 is 2.65 bits per heavy atom. The average molecular weight is 273 g/mol. The van der Waals surface area contributed by atoms with Crippen LogP contribution in [-0.4, -0.2) is 55.6 Å². The number of piperazine rings is 1. The highest BCUT2D eigenvalue weighted by molar-refractivity contribution is 5.20. The fraction of sp³-hybridized carbons (Fsp3) is 0.647. The molecule has 1 aromatic rings. The zero-order chi connectivity index (χ0) is 13.9. The van der Waals surface area contributed by atoms with Crippen LogP contribution in [-0.2, 0) is 0 Å². The van der Waals surface area contributed by atoms with Gasteiger partial charge in [0.25, 0.3) is 0 Å². The van der Waals surface area contributed by atoms with Gasteiger partial charge < -0.3 is 10.2 Å². The Labute approximate surface area is 123 Å². The fourth-order valence-corrected chi connectivity index (χ4v) is 3.87. The van der Waals surface area contributed by atoms with Gasteiger partial charge in [-0.25, -0.2) is 0 Å². The van der Waals surface area contributed by atoms with Crippen molar-refractivity contribution in [2.75, 3.05) is 39.8 Å². The molecule has 0 bridgehead atoms. The highest BCUT2D eigenvalue weighted by Gasteiger charge is 2.32. The second kappa shape index (κ2) is 6.25. The van der Waals surface area contributed by atoms with E-state index in [-0.39, 0.29) is 0 Å². The van der Waals surface area contributed by atoms with E-state index in [0.717, 1.165) is 25.0 Å². The van der Waals surface area contributed by atoms with E-state index in [1.807, 2.05) is 0 Å². The lowest BCUT2D eigenvalue weighted by molar-refractivity contribution is 0.0540. The summed E-state index contributed by atoms with van der Waals surface area (Å²) in [7, 11) is 2.25. The van der Waals surface area contributed by atoms with Crippen molar-refractivity contribution in [1.82, 2.24) is 15.1 Å². The van der Waals surface area contributed by atoms with Gasteiger partial charge in [0.2, 0.25) is 0 Å². The molecule has 3 nitrogen and oxygen atoms in total. The lowest BCUT2D eigenvalue weighted by Crippen LogP contribution is -2.55. The number of rotatable bonds is 2. The first kappa shape index (κ1) is 14.1. The molecule has 0 aliphatic carbocycles. The Morgan fingerprint density at radius 2 is 1.90 bits per heavy atom. The van der Waals surface area contributed by atoms with Crippen LogP contribution in [0.25, 0.3) is 0 Å². The molecule has 3 rings (SSSR count). The van der Waals surface area contributed by atoms with Gasteiger partial charge in [0.05, 0.1) is 0 Å². The molecule has 1 aromatic carbocycles. The molecule has 3 unspecified atom stereocenters. The zero-order valence-electron chi connectivity index (χ0n) is 12.8. The number of hydrogen-bond acceptors (Lipinski definition) is 3. The molecule has 3 atom stereocenters. The highest BCUT2D eigenvalue weighted by atomic mass is 15.2. The van der Waals surface area contributed by atoms with E-state index in [1.54, 1.807) is 0 Å². The minimum Gasteiger partial charge on any atom is -0.308 e. The summed E-state index contributed by atoms with van der Waals surface area (Å²) in [5, 5.41) is 3.68. The first-order chi connectivity index (χ1) is 9.74.